The van der Waals surface area contributed by atoms with E-state index in [-0.39, 0.29) is 17.1 Å². The van der Waals surface area contributed by atoms with Gasteiger partial charge >= 0.3 is 0 Å². The molecule has 0 saturated heterocycles. The number of carbonyl (C=O) groups is 1. The van der Waals surface area contributed by atoms with Gasteiger partial charge in [-0.1, -0.05) is 25.6 Å². The molecule has 0 fully saturated rings. The quantitative estimate of drug-likeness (QED) is 0.643. The second-order valence-electron chi connectivity index (χ2n) is 4.02. The van der Waals surface area contributed by atoms with E-state index < -0.39 is 0 Å². The standard InChI is InChI=1S/C11H17N3OS/c1-6(2)11-13-7(3)5-9(14-11)16-8(4)10(12)15/h5-6,8H,1-4H3,(H2,12,15)/t8-/m1/s1. The number of hydrogen-bond acceptors (Lipinski definition) is 4. The van der Waals surface area contributed by atoms with E-state index in [0.29, 0.717) is 0 Å². The predicted octanol–water partition coefficient (Wildman–Crippen LogP) is 1.87. The maximum absolute atomic E-state index is 11.0. The zero-order chi connectivity index (χ0) is 12.3. The van der Waals surface area contributed by atoms with Crippen LogP contribution in [0.15, 0.2) is 11.1 Å². The van der Waals surface area contributed by atoms with E-state index in [2.05, 4.69) is 9.97 Å². The second-order valence-corrected chi connectivity index (χ2v) is 5.38. The van der Waals surface area contributed by atoms with Crippen LogP contribution in [0, 0.1) is 6.92 Å². The molecule has 4 nitrogen and oxygen atoms in total. The highest BCUT2D eigenvalue weighted by Crippen LogP contribution is 2.23. The highest BCUT2D eigenvalue weighted by molar-refractivity contribution is 8.00. The lowest BCUT2D eigenvalue weighted by molar-refractivity contribution is -0.117. The third kappa shape index (κ3) is 3.48. The van der Waals surface area contributed by atoms with Crippen LogP contribution in [0.3, 0.4) is 0 Å². The van der Waals surface area contributed by atoms with E-state index in [0.717, 1.165) is 16.5 Å². The fourth-order valence-electron chi connectivity index (χ4n) is 1.12. The van der Waals surface area contributed by atoms with Crippen molar-refractivity contribution in [2.45, 2.75) is 43.9 Å². The normalized spacial score (nSPS) is 12.8. The SMILES string of the molecule is Cc1cc(S[C@H](C)C(N)=O)nc(C(C)C)n1. The molecule has 0 aliphatic rings. The Balaban J connectivity index is 2.92. The Labute approximate surface area is 100 Å². The van der Waals surface area contributed by atoms with Crippen LogP contribution in [0.25, 0.3) is 0 Å². The fraction of sp³-hybridized carbons (Fsp3) is 0.545. The summed E-state index contributed by atoms with van der Waals surface area (Å²) >= 11 is 1.37. The van der Waals surface area contributed by atoms with Crippen LogP contribution in [0.2, 0.25) is 0 Å². The van der Waals surface area contributed by atoms with Crippen LogP contribution in [0.5, 0.6) is 0 Å². The maximum atomic E-state index is 11.0. The molecule has 0 radical (unpaired) electrons. The van der Waals surface area contributed by atoms with E-state index in [1.54, 1.807) is 6.92 Å². The molecular formula is C11H17N3OS. The van der Waals surface area contributed by atoms with Gasteiger partial charge in [-0.3, -0.25) is 4.79 Å². The van der Waals surface area contributed by atoms with Gasteiger partial charge in [0.05, 0.1) is 5.25 Å². The van der Waals surface area contributed by atoms with Gasteiger partial charge in [-0.05, 0) is 19.9 Å². The number of aromatic nitrogens is 2. The van der Waals surface area contributed by atoms with E-state index in [9.17, 15) is 4.79 Å². The van der Waals surface area contributed by atoms with E-state index in [1.165, 1.54) is 11.8 Å². The molecule has 2 N–H and O–H groups in total. The van der Waals surface area contributed by atoms with Gasteiger partial charge in [0.15, 0.2) is 0 Å². The summed E-state index contributed by atoms with van der Waals surface area (Å²) < 4.78 is 0. The van der Waals surface area contributed by atoms with Gasteiger partial charge in [0.2, 0.25) is 5.91 Å². The molecule has 0 aliphatic carbocycles. The predicted molar refractivity (Wildman–Crippen MR) is 65.4 cm³/mol. The van der Waals surface area contributed by atoms with Crippen molar-refractivity contribution in [1.82, 2.24) is 9.97 Å². The van der Waals surface area contributed by atoms with Crippen molar-refractivity contribution < 1.29 is 4.79 Å². The lowest BCUT2D eigenvalue weighted by atomic mass is 10.2. The van der Waals surface area contributed by atoms with Crippen molar-refractivity contribution in [3.8, 4) is 0 Å². The molecule has 1 aromatic rings. The first-order valence-corrected chi connectivity index (χ1v) is 6.09. The minimum Gasteiger partial charge on any atom is -0.369 e. The fourth-order valence-corrected chi connectivity index (χ4v) is 1.98. The largest absolute Gasteiger partial charge is 0.369 e. The second kappa shape index (κ2) is 5.30. The number of primary amides is 1. The summed E-state index contributed by atoms with van der Waals surface area (Å²) in [5, 5.41) is 0.539. The molecular weight excluding hydrogens is 222 g/mol. The van der Waals surface area contributed by atoms with Gasteiger partial charge in [-0.25, -0.2) is 9.97 Å². The van der Waals surface area contributed by atoms with Crippen LogP contribution >= 0.6 is 11.8 Å². The first kappa shape index (κ1) is 13.0. The van der Waals surface area contributed by atoms with Crippen molar-refractivity contribution in [1.29, 1.82) is 0 Å². The van der Waals surface area contributed by atoms with Crippen LogP contribution in [-0.2, 0) is 4.79 Å². The molecule has 5 heteroatoms. The summed E-state index contributed by atoms with van der Waals surface area (Å²) in [5.74, 6) is 0.759. The van der Waals surface area contributed by atoms with Gasteiger partial charge in [-0.2, -0.15) is 0 Å². The molecule has 1 aromatic heterocycles. The van der Waals surface area contributed by atoms with Crippen molar-refractivity contribution in [3.63, 3.8) is 0 Å². The molecule has 0 unspecified atom stereocenters. The molecule has 0 bridgehead atoms. The first-order chi connectivity index (χ1) is 7.40. The maximum Gasteiger partial charge on any atom is 0.230 e. The third-order valence-electron chi connectivity index (χ3n) is 2.06. The molecule has 16 heavy (non-hydrogen) atoms. The van der Waals surface area contributed by atoms with Crippen molar-refractivity contribution in [2.75, 3.05) is 0 Å². The topological polar surface area (TPSA) is 68.9 Å². The highest BCUT2D eigenvalue weighted by Gasteiger charge is 2.13. The summed E-state index contributed by atoms with van der Waals surface area (Å²) in [7, 11) is 0. The van der Waals surface area contributed by atoms with Gasteiger partial charge in [0, 0.05) is 11.6 Å². The summed E-state index contributed by atoms with van der Waals surface area (Å²) in [5.41, 5.74) is 6.13. The molecule has 88 valence electrons. The average Bonchev–Trinajstić information content (AvgIpc) is 2.16. The molecule has 1 heterocycles. The number of nitrogens with zero attached hydrogens (tertiary/aromatic N) is 2. The van der Waals surface area contributed by atoms with Crippen LogP contribution < -0.4 is 5.73 Å². The molecule has 0 aliphatic heterocycles. The van der Waals surface area contributed by atoms with E-state index >= 15 is 0 Å². The average molecular weight is 239 g/mol. The van der Waals surface area contributed by atoms with Crippen molar-refractivity contribution in [3.05, 3.63) is 17.6 Å². The van der Waals surface area contributed by atoms with Gasteiger partial charge < -0.3 is 5.73 Å². The molecule has 1 atom stereocenters. The van der Waals surface area contributed by atoms with Gasteiger partial charge in [0.25, 0.3) is 0 Å². The monoisotopic (exact) mass is 239 g/mol. The number of hydrogen-bond donors (Lipinski definition) is 1. The summed E-state index contributed by atoms with van der Waals surface area (Å²) in [6.07, 6.45) is 0. The Morgan fingerprint density at radius 2 is 2.00 bits per heavy atom. The van der Waals surface area contributed by atoms with Gasteiger partial charge in [-0.15, -0.1) is 0 Å². The Hall–Kier alpha value is -1.10. The Bertz CT molecular complexity index is 393. The smallest absolute Gasteiger partial charge is 0.230 e. The molecule has 1 rings (SSSR count). The number of amides is 1. The number of thioether (sulfide) groups is 1. The first-order valence-electron chi connectivity index (χ1n) is 5.21. The number of nitrogens with two attached hydrogens (primary N) is 1. The van der Waals surface area contributed by atoms with E-state index in [1.807, 2.05) is 26.8 Å². The van der Waals surface area contributed by atoms with Crippen molar-refractivity contribution in [2.24, 2.45) is 5.73 Å². The molecule has 0 aromatic carbocycles. The summed E-state index contributed by atoms with van der Waals surface area (Å²) in [6.45, 7) is 7.79. The zero-order valence-electron chi connectivity index (χ0n) is 10.0. The lowest BCUT2D eigenvalue weighted by Crippen LogP contribution is -2.22. The Morgan fingerprint density at radius 1 is 1.38 bits per heavy atom. The minimum atomic E-state index is -0.327. The summed E-state index contributed by atoms with van der Waals surface area (Å²) in [4.78, 5) is 19.7. The zero-order valence-corrected chi connectivity index (χ0v) is 10.8. The van der Waals surface area contributed by atoms with Crippen molar-refractivity contribution >= 4 is 17.7 Å². The highest BCUT2D eigenvalue weighted by atomic mass is 32.2. The Kier molecular flexibility index (Phi) is 4.29. The number of aryl methyl sites for hydroxylation is 1. The molecule has 1 amide bonds. The minimum absolute atomic E-state index is 0.269. The molecule has 0 saturated carbocycles. The van der Waals surface area contributed by atoms with Crippen LogP contribution in [0.1, 0.15) is 38.2 Å². The Morgan fingerprint density at radius 3 is 2.50 bits per heavy atom. The van der Waals surface area contributed by atoms with Gasteiger partial charge in [0.1, 0.15) is 10.9 Å². The summed E-state index contributed by atoms with van der Waals surface area (Å²) in [6, 6.07) is 1.87. The van der Waals surface area contributed by atoms with Crippen LogP contribution in [-0.4, -0.2) is 21.1 Å². The lowest BCUT2D eigenvalue weighted by Gasteiger charge is -2.10. The molecule has 0 spiro atoms. The number of carbonyl (C=O) groups excluding carboxylic acids is 1. The third-order valence-corrected chi connectivity index (χ3v) is 3.10. The van der Waals surface area contributed by atoms with E-state index in [4.69, 9.17) is 5.73 Å². The van der Waals surface area contributed by atoms with Crippen LogP contribution in [0.4, 0.5) is 0 Å². The number of rotatable bonds is 4.